The van der Waals surface area contributed by atoms with E-state index in [1.165, 1.54) is 13.8 Å². The third kappa shape index (κ3) is 2.98. The maximum atomic E-state index is 11.2. The molecule has 5 nitrogen and oxygen atoms in total. The summed E-state index contributed by atoms with van der Waals surface area (Å²) in [5.41, 5.74) is 3.63. The zero-order valence-corrected chi connectivity index (χ0v) is 13.5. The molecule has 2 rings (SSSR count). The lowest BCUT2D eigenvalue weighted by Crippen LogP contribution is -2.28. The van der Waals surface area contributed by atoms with Gasteiger partial charge in [-0.25, -0.2) is 0 Å². The van der Waals surface area contributed by atoms with E-state index in [2.05, 4.69) is 30.6 Å². The lowest BCUT2D eigenvalue weighted by molar-refractivity contribution is -0.140. The first-order chi connectivity index (χ1) is 10.2. The van der Waals surface area contributed by atoms with E-state index >= 15 is 0 Å². The van der Waals surface area contributed by atoms with Crippen LogP contribution in [-0.2, 0) is 19.7 Å². The Labute approximate surface area is 130 Å². The van der Waals surface area contributed by atoms with Crippen molar-refractivity contribution in [2.24, 2.45) is 0 Å². The minimum absolute atomic E-state index is 0.0960. The van der Waals surface area contributed by atoms with Crippen molar-refractivity contribution < 1.29 is 14.3 Å². The monoisotopic (exact) mass is 302 g/mol. The van der Waals surface area contributed by atoms with Gasteiger partial charge in [0.1, 0.15) is 6.61 Å². The zero-order valence-electron chi connectivity index (χ0n) is 13.5. The lowest BCUT2D eigenvalue weighted by Gasteiger charge is -2.25. The van der Waals surface area contributed by atoms with Gasteiger partial charge in [-0.05, 0) is 23.8 Å². The predicted molar refractivity (Wildman–Crippen MR) is 86.9 cm³/mol. The lowest BCUT2D eigenvalue weighted by atomic mass is 9.84. The molecule has 1 heterocycles. The van der Waals surface area contributed by atoms with E-state index in [0.29, 0.717) is 13.2 Å². The summed E-state index contributed by atoms with van der Waals surface area (Å²) >= 11 is 0. The molecule has 0 spiro atoms. The van der Waals surface area contributed by atoms with Crippen LogP contribution in [0.4, 0.5) is 11.4 Å². The van der Waals surface area contributed by atoms with Gasteiger partial charge in [0, 0.05) is 36.3 Å². The highest BCUT2D eigenvalue weighted by Gasteiger charge is 2.38. The Bertz CT molecular complexity index is 635. The summed E-state index contributed by atoms with van der Waals surface area (Å²) < 4.78 is 5.03. The van der Waals surface area contributed by atoms with Crippen molar-refractivity contribution in [1.82, 2.24) is 0 Å². The summed E-state index contributed by atoms with van der Waals surface area (Å²) in [7, 11) is 0. The third-order valence-electron chi connectivity index (χ3n) is 3.95. The van der Waals surface area contributed by atoms with E-state index in [-0.39, 0.29) is 17.3 Å². The van der Waals surface area contributed by atoms with E-state index in [1.807, 2.05) is 18.2 Å². The number of hydrogen-bond donors (Lipinski definition) is 1. The molecule has 0 bridgehead atoms. The van der Waals surface area contributed by atoms with Crippen molar-refractivity contribution in [1.29, 1.82) is 0 Å². The molecule has 0 fully saturated rings. The fourth-order valence-corrected chi connectivity index (χ4v) is 2.73. The highest BCUT2D eigenvalue weighted by molar-refractivity contribution is 5.89. The first kappa shape index (κ1) is 16.1. The van der Waals surface area contributed by atoms with E-state index < -0.39 is 0 Å². The Morgan fingerprint density at radius 3 is 2.59 bits per heavy atom. The topological polar surface area (TPSA) is 58.6 Å². The van der Waals surface area contributed by atoms with Gasteiger partial charge in [0.25, 0.3) is 0 Å². The molecule has 1 aliphatic heterocycles. The van der Waals surface area contributed by atoms with Gasteiger partial charge in [0.05, 0.1) is 6.54 Å². The van der Waals surface area contributed by atoms with Gasteiger partial charge in [-0.3, -0.25) is 9.59 Å². The Morgan fingerprint density at radius 2 is 2.00 bits per heavy atom. The molecule has 0 saturated heterocycles. The van der Waals surface area contributed by atoms with Crippen LogP contribution in [0, 0.1) is 0 Å². The first-order valence-electron chi connectivity index (χ1n) is 7.26. The number of esters is 1. The van der Waals surface area contributed by atoms with E-state index in [1.54, 1.807) is 0 Å². The number of ether oxygens (including phenoxy) is 1. The Balaban J connectivity index is 2.29. The maximum Gasteiger partial charge on any atom is 0.302 e. The van der Waals surface area contributed by atoms with Crippen LogP contribution in [-0.4, -0.2) is 25.0 Å². The number of carbonyl (C=O) groups is 2. The molecule has 1 aromatic carbocycles. The van der Waals surface area contributed by atoms with Gasteiger partial charge in [0.2, 0.25) is 5.91 Å². The van der Waals surface area contributed by atoms with Crippen LogP contribution in [0.25, 0.3) is 0 Å². The zero-order chi connectivity index (χ0) is 16.5. The number of nitrogens with one attached hydrogen (secondary N) is 1. The fourth-order valence-electron chi connectivity index (χ4n) is 2.73. The SMILES string of the molecule is C=C1N(CCOC(C)=O)c2ccc(NC(C)=O)cc2C1(C)C. The van der Waals surface area contributed by atoms with Crippen molar-refractivity contribution in [3.63, 3.8) is 0 Å². The molecule has 1 amide bonds. The summed E-state index contributed by atoms with van der Waals surface area (Å²) in [6.07, 6.45) is 0. The minimum atomic E-state index is -0.287. The van der Waals surface area contributed by atoms with Crippen molar-refractivity contribution in [2.75, 3.05) is 23.4 Å². The predicted octanol–water partition coefficient (Wildman–Crippen LogP) is 2.82. The molecular weight excluding hydrogens is 280 g/mol. The average Bonchev–Trinajstić information content (AvgIpc) is 2.59. The molecule has 1 aromatic rings. The molecule has 118 valence electrons. The van der Waals surface area contributed by atoms with Crippen molar-refractivity contribution in [3.8, 4) is 0 Å². The van der Waals surface area contributed by atoms with Gasteiger partial charge in [0.15, 0.2) is 0 Å². The number of hydrogen-bond acceptors (Lipinski definition) is 4. The van der Waals surface area contributed by atoms with Crippen LogP contribution in [0.15, 0.2) is 30.5 Å². The Kier molecular flexibility index (Phi) is 4.26. The van der Waals surface area contributed by atoms with Gasteiger partial charge >= 0.3 is 5.97 Å². The summed E-state index contributed by atoms with van der Waals surface area (Å²) in [6, 6.07) is 5.82. The molecular formula is C17H22N2O3. The second kappa shape index (κ2) is 5.83. The van der Waals surface area contributed by atoms with Crippen LogP contribution in [0.3, 0.4) is 0 Å². The van der Waals surface area contributed by atoms with Gasteiger partial charge < -0.3 is 15.0 Å². The molecule has 0 atom stereocenters. The largest absolute Gasteiger partial charge is 0.464 e. The number of amides is 1. The van der Waals surface area contributed by atoms with Crippen LogP contribution in [0.5, 0.6) is 0 Å². The average molecular weight is 302 g/mol. The van der Waals surface area contributed by atoms with Crippen LogP contribution < -0.4 is 10.2 Å². The normalized spacial score (nSPS) is 15.5. The Morgan fingerprint density at radius 1 is 1.32 bits per heavy atom. The summed E-state index contributed by atoms with van der Waals surface area (Å²) in [4.78, 5) is 24.2. The summed E-state index contributed by atoms with van der Waals surface area (Å²) in [5.74, 6) is -0.383. The minimum Gasteiger partial charge on any atom is -0.464 e. The number of anilines is 2. The van der Waals surface area contributed by atoms with Gasteiger partial charge in [-0.2, -0.15) is 0 Å². The van der Waals surface area contributed by atoms with Crippen molar-refractivity contribution in [2.45, 2.75) is 33.1 Å². The maximum absolute atomic E-state index is 11.2. The molecule has 22 heavy (non-hydrogen) atoms. The van der Waals surface area contributed by atoms with E-state index in [4.69, 9.17) is 4.74 Å². The molecule has 0 radical (unpaired) electrons. The smallest absolute Gasteiger partial charge is 0.302 e. The molecule has 1 N–H and O–H groups in total. The van der Waals surface area contributed by atoms with Gasteiger partial charge in [-0.1, -0.05) is 20.4 Å². The third-order valence-corrected chi connectivity index (χ3v) is 3.95. The molecule has 0 saturated carbocycles. The second-order valence-corrected chi connectivity index (χ2v) is 5.98. The van der Waals surface area contributed by atoms with E-state index in [9.17, 15) is 9.59 Å². The van der Waals surface area contributed by atoms with Crippen LogP contribution in [0.1, 0.15) is 33.3 Å². The van der Waals surface area contributed by atoms with Crippen molar-refractivity contribution in [3.05, 3.63) is 36.0 Å². The molecule has 0 unspecified atom stereocenters. The Hall–Kier alpha value is -2.30. The first-order valence-corrected chi connectivity index (χ1v) is 7.26. The molecule has 0 aromatic heterocycles. The van der Waals surface area contributed by atoms with E-state index in [0.717, 1.165) is 22.6 Å². The summed E-state index contributed by atoms with van der Waals surface area (Å²) in [5, 5.41) is 2.80. The van der Waals surface area contributed by atoms with Crippen LogP contribution >= 0.6 is 0 Å². The quantitative estimate of drug-likeness (QED) is 0.869. The fraction of sp³-hybridized carbons (Fsp3) is 0.412. The molecule has 5 heteroatoms. The number of benzene rings is 1. The number of nitrogens with zero attached hydrogens (tertiary/aromatic N) is 1. The molecule has 0 aliphatic carbocycles. The summed E-state index contributed by atoms with van der Waals surface area (Å²) in [6.45, 7) is 12.1. The second-order valence-electron chi connectivity index (χ2n) is 5.98. The number of carbonyl (C=O) groups excluding carboxylic acids is 2. The van der Waals surface area contributed by atoms with Crippen LogP contribution in [0.2, 0.25) is 0 Å². The standard InChI is InChI=1S/C17H22N2O3/c1-11-17(4,5)15-10-14(18-12(2)20)6-7-16(15)19(11)8-9-22-13(3)21/h6-7,10H,1,8-9H2,2-5H3,(H,18,20). The number of allylic oxidation sites excluding steroid dienone is 1. The van der Waals surface area contributed by atoms with Gasteiger partial charge in [-0.15, -0.1) is 0 Å². The number of rotatable bonds is 4. The highest BCUT2D eigenvalue weighted by atomic mass is 16.5. The molecule has 1 aliphatic rings. The highest BCUT2D eigenvalue weighted by Crippen LogP contribution is 2.47. The van der Waals surface area contributed by atoms with Crippen molar-refractivity contribution >= 4 is 23.3 Å². The number of fused-ring (bicyclic) bond motifs is 1.